The first kappa shape index (κ1) is 10.3. The minimum atomic E-state index is -0.450. The molecule has 0 fully saturated rings. The van der Waals surface area contributed by atoms with E-state index in [0.717, 1.165) is 11.1 Å². The average molecular weight is 216 g/mol. The maximum Gasteiger partial charge on any atom is 0.229 e. The van der Waals surface area contributed by atoms with Gasteiger partial charge in [0.15, 0.2) is 0 Å². The first-order chi connectivity index (χ1) is 7.79. The van der Waals surface area contributed by atoms with Gasteiger partial charge in [-0.3, -0.25) is 4.79 Å². The molecule has 16 heavy (non-hydrogen) atoms. The molecule has 1 atom stereocenters. The van der Waals surface area contributed by atoms with Crippen LogP contribution in [0.15, 0.2) is 54.4 Å². The van der Waals surface area contributed by atoms with Crippen LogP contribution in [0, 0.1) is 0 Å². The Morgan fingerprint density at radius 3 is 2.62 bits per heavy atom. The number of carbonyl (C=O) groups is 1. The van der Waals surface area contributed by atoms with E-state index in [2.05, 4.69) is 5.48 Å². The van der Waals surface area contributed by atoms with Crippen molar-refractivity contribution in [3.8, 4) is 0 Å². The van der Waals surface area contributed by atoms with Crippen molar-refractivity contribution in [1.82, 2.24) is 5.48 Å². The lowest BCUT2D eigenvalue weighted by molar-refractivity contribution is -0.118. The molecule has 0 spiro atoms. The highest BCUT2D eigenvalue weighted by Crippen LogP contribution is 2.25. The second-order valence-corrected chi connectivity index (χ2v) is 3.43. The number of nitrogens with two attached hydrogens (primary N) is 1. The number of nitrogens with one attached hydrogen (secondary N) is 1. The molecular formula is C12H12N2O2. The molecular weight excluding hydrogens is 204 g/mol. The van der Waals surface area contributed by atoms with Crippen molar-refractivity contribution in [1.29, 1.82) is 0 Å². The first-order valence-corrected chi connectivity index (χ1v) is 4.91. The molecule has 1 unspecified atom stereocenters. The van der Waals surface area contributed by atoms with Gasteiger partial charge in [-0.1, -0.05) is 30.3 Å². The zero-order chi connectivity index (χ0) is 11.4. The molecule has 0 saturated carbocycles. The maximum atomic E-state index is 11.5. The summed E-state index contributed by atoms with van der Waals surface area (Å²) in [5.74, 6) is -0.834. The summed E-state index contributed by atoms with van der Waals surface area (Å²) in [4.78, 5) is 16.3. The van der Waals surface area contributed by atoms with Gasteiger partial charge in [-0.15, -0.1) is 0 Å². The Balaban J connectivity index is 2.35. The summed E-state index contributed by atoms with van der Waals surface area (Å²) in [6.07, 6.45) is 4.83. The van der Waals surface area contributed by atoms with Gasteiger partial charge in [0.2, 0.25) is 5.91 Å². The second kappa shape index (κ2) is 4.53. The molecule has 1 aliphatic rings. The van der Waals surface area contributed by atoms with Gasteiger partial charge >= 0.3 is 0 Å². The van der Waals surface area contributed by atoms with Crippen LogP contribution in [0.4, 0.5) is 0 Å². The quantitative estimate of drug-likeness (QED) is 0.797. The fourth-order valence-corrected chi connectivity index (χ4v) is 1.65. The molecule has 1 heterocycles. The van der Waals surface area contributed by atoms with E-state index < -0.39 is 5.92 Å². The van der Waals surface area contributed by atoms with Crippen molar-refractivity contribution in [3.63, 3.8) is 0 Å². The third-order valence-electron chi connectivity index (χ3n) is 2.37. The molecule has 1 amide bonds. The van der Waals surface area contributed by atoms with Crippen LogP contribution < -0.4 is 11.2 Å². The molecule has 0 aromatic heterocycles. The molecule has 4 heteroatoms. The Hall–Kier alpha value is -2.23. The largest absolute Gasteiger partial charge is 0.391 e. The van der Waals surface area contributed by atoms with E-state index in [9.17, 15) is 4.79 Å². The molecule has 3 N–H and O–H groups in total. The highest BCUT2D eigenvalue weighted by Gasteiger charge is 2.21. The lowest BCUT2D eigenvalue weighted by Crippen LogP contribution is -2.24. The van der Waals surface area contributed by atoms with Crippen molar-refractivity contribution in [3.05, 3.63) is 60.0 Å². The smallest absolute Gasteiger partial charge is 0.229 e. The van der Waals surface area contributed by atoms with Gasteiger partial charge in [-0.25, -0.2) is 5.48 Å². The topological polar surface area (TPSA) is 64.4 Å². The van der Waals surface area contributed by atoms with Gasteiger partial charge in [-0.05, 0) is 17.2 Å². The van der Waals surface area contributed by atoms with Gasteiger partial charge in [-0.2, -0.15) is 0 Å². The molecule has 4 nitrogen and oxygen atoms in total. The summed E-state index contributed by atoms with van der Waals surface area (Å²) in [6, 6.07) is 9.40. The monoisotopic (exact) mass is 216 g/mol. The van der Waals surface area contributed by atoms with Gasteiger partial charge in [0.25, 0.3) is 0 Å². The fraction of sp³-hybridized carbons (Fsp3) is 0.0833. The predicted molar refractivity (Wildman–Crippen MR) is 59.8 cm³/mol. The van der Waals surface area contributed by atoms with Crippen molar-refractivity contribution in [2.75, 3.05) is 0 Å². The number of benzene rings is 1. The number of carbonyl (C=O) groups excluding carboxylic acids is 1. The highest BCUT2D eigenvalue weighted by molar-refractivity contribution is 5.86. The Kier molecular flexibility index (Phi) is 2.91. The third kappa shape index (κ3) is 2.06. The molecule has 0 aliphatic carbocycles. The summed E-state index contributed by atoms with van der Waals surface area (Å²) in [6.45, 7) is 0. The minimum Gasteiger partial charge on any atom is -0.391 e. The van der Waals surface area contributed by atoms with E-state index in [4.69, 9.17) is 10.6 Å². The van der Waals surface area contributed by atoms with Crippen LogP contribution in [0.1, 0.15) is 11.5 Å². The zero-order valence-electron chi connectivity index (χ0n) is 8.59. The van der Waals surface area contributed by atoms with Gasteiger partial charge in [0.05, 0.1) is 5.92 Å². The van der Waals surface area contributed by atoms with Gasteiger partial charge < -0.3 is 10.6 Å². The predicted octanol–water partition coefficient (Wildman–Crippen LogP) is 1.19. The minimum absolute atomic E-state index is 0.384. The average Bonchev–Trinajstić information content (AvgIpc) is 2.31. The summed E-state index contributed by atoms with van der Waals surface area (Å²) in [7, 11) is 0. The van der Waals surface area contributed by atoms with Crippen LogP contribution in [0.25, 0.3) is 0 Å². The van der Waals surface area contributed by atoms with E-state index in [0.29, 0.717) is 0 Å². The van der Waals surface area contributed by atoms with Crippen molar-refractivity contribution in [2.24, 2.45) is 5.73 Å². The lowest BCUT2D eigenvalue weighted by Gasteiger charge is -2.17. The molecule has 0 saturated heterocycles. The normalized spacial score (nSPS) is 15.6. The first-order valence-electron chi connectivity index (χ1n) is 4.91. The van der Waals surface area contributed by atoms with Crippen LogP contribution in [0.2, 0.25) is 0 Å². The fourth-order valence-electron chi connectivity index (χ4n) is 1.65. The van der Waals surface area contributed by atoms with Crippen molar-refractivity contribution < 1.29 is 9.63 Å². The number of allylic oxidation sites excluding steroid dienone is 1. The summed E-state index contributed by atoms with van der Waals surface area (Å²) in [5.41, 5.74) is 9.65. The zero-order valence-corrected chi connectivity index (χ0v) is 8.59. The summed E-state index contributed by atoms with van der Waals surface area (Å²) in [5, 5.41) is 0. The van der Waals surface area contributed by atoms with E-state index >= 15 is 0 Å². The van der Waals surface area contributed by atoms with Gasteiger partial charge in [0, 0.05) is 6.20 Å². The van der Waals surface area contributed by atoms with E-state index in [1.54, 1.807) is 12.3 Å². The van der Waals surface area contributed by atoms with Crippen LogP contribution in [-0.4, -0.2) is 5.91 Å². The van der Waals surface area contributed by atoms with Crippen molar-refractivity contribution >= 4 is 5.91 Å². The van der Waals surface area contributed by atoms with E-state index in [-0.39, 0.29) is 5.91 Å². The second-order valence-electron chi connectivity index (χ2n) is 3.43. The Morgan fingerprint density at radius 1 is 1.31 bits per heavy atom. The van der Waals surface area contributed by atoms with Crippen LogP contribution in [0.3, 0.4) is 0 Å². The van der Waals surface area contributed by atoms with Crippen LogP contribution in [0.5, 0.6) is 0 Å². The molecule has 2 rings (SSSR count). The standard InChI is InChI=1S/C12H12N2O2/c13-12(15)11(9-4-2-1-3-5-9)10-6-7-16-14-8-10/h1-8,11,14H,(H2,13,15). The molecule has 1 aliphatic heterocycles. The Labute approximate surface area is 93.4 Å². The molecule has 82 valence electrons. The number of rotatable bonds is 3. The number of amides is 1. The molecule has 1 aromatic carbocycles. The SMILES string of the molecule is NC(=O)C(C1=CNOC=C1)c1ccccc1. The molecule has 0 bridgehead atoms. The lowest BCUT2D eigenvalue weighted by atomic mass is 9.91. The third-order valence-corrected chi connectivity index (χ3v) is 2.37. The van der Waals surface area contributed by atoms with Crippen LogP contribution in [-0.2, 0) is 9.63 Å². The highest BCUT2D eigenvalue weighted by atomic mass is 16.6. The summed E-state index contributed by atoms with van der Waals surface area (Å²) < 4.78 is 0. The van der Waals surface area contributed by atoms with E-state index in [1.165, 1.54) is 6.26 Å². The van der Waals surface area contributed by atoms with Gasteiger partial charge in [0.1, 0.15) is 6.26 Å². The number of hydroxylamine groups is 1. The molecule has 1 aromatic rings. The number of hydrogen-bond acceptors (Lipinski definition) is 3. The maximum absolute atomic E-state index is 11.5. The Bertz CT molecular complexity index is 438. The van der Waals surface area contributed by atoms with E-state index in [1.807, 2.05) is 30.3 Å². The van der Waals surface area contributed by atoms with Crippen LogP contribution >= 0.6 is 0 Å². The summed E-state index contributed by atoms with van der Waals surface area (Å²) >= 11 is 0. The number of hydrogen-bond donors (Lipinski definition) is 2. The molecule has 0 radical (unpaired) electrons. The van der Waals surface area contributed by atoms with Crippen molar-refractivity contribution in [2.45, 2.75) is 5.92 Å². The number of primary amides is 1. The Morgan fingerprint density at radius 2 is 2.06 bits per heavy atom.